The molecule has 2 rings (SSSR count). The molecule has 0 spiro atoms. The molecular formula is C16H19BO2. The summed E-state index contributed by atoms with van der Waals surface area (Å²) in [4.78, 5) is 11.4. The average molecular weight is 254 g/mol. The number of ketones is 1. The van der Waals surface area contributed by atoms with Crippen molar-refractivity contribution in [2.45, 2.75) is 27.2 Å². The molecule has 0 fully saturated rings. The molecule has 1 aromatic carbocycles. The van der Waals surface area contributed by atoms with Gasteiger partial charge in [-0.2, -0.15) is 0 Å². The molecule has 0 amide bonds. The standard InChI is InChI=1S/C12H11BO2.C4H8/c1-8-5-3-4-6-10(8)12-11(9(2)14)13-7-15-12;1-3-4-2/h3-7H,1-2H3;3H,1,4H2,2H3. The minimum absolute atomic E-state index is 0.0296. The number of rotatable bonds is 3. The Morgan fingerprint density at radius 1 is 1.42 bits per heavy atom. The quantitative estimate of drug-likeness (QED) is 0.601. The number of Topliss-reactive ketones (excluding diaryl/α,β-unsaturated/α-hetero) is 1. The van der Waals surface area contributed by atoms with Crippen molar-refractivity contribution in [3.8, 4) is 11.3 Å². The fraction of sp³-hybridized carbons (Fsp3) is 0.250. The summed E-state index contributed by atoms with van der Waals surface area (Å²) in [6.07, 6.45) is 4.51. The summed E-state index contributed by atoms with van der Waals surface area (Å²) in [5, 5.41) is 0. The van der Waals surface area contributed by atoms with E-state index in [1.54, 1.807) is 20.0 Å². The van der Waals surface area contributed by atoms with Gasteiger partial charge in [0.05, 0.1) is 0 Å². The van der Waals surface area contributed by atoms with Gasteiger partial charge in [0, 0.05) is 0 Å². The Morgan fingerprint density at radius 3 is 2.58 bits per heavy atom. The molecule has 0 saturated heterocycles. The van der Waals surface area contributed by atoms with E-state index in [0.29, 0.717) is 11.2 Å². The zero-order chi connectivity index (χ0) is 14.3. The number of hydrogen-bond donors (Lipinski definition) is 0. The Hall–Kier alpha value is -1.90. The van der Waals surface area contributed by atoms with Gasteiger partial charge in [0.1, 0.15) is 0 Å². The molecule has 1 aromatic heterocycles. The summed E-state index contributed by atoms with van der Waals surface area (Å²) in [5.41, 5.74) is 2.73. The Bertz CT molecular complexity index is 555. The van der Waals surface area contributed by atoms with Crippen molar-refractivity contribution in [2.75, 3.05) is 0 Å². The van der Waals surface area contributed by atoms with E-state index in [1.807, 2.05) is 37.3 Å². The Morgan fingerprint density at radius 2 is 2.05 bits per heavy atom. The first-order valence-corrected chi connectivity index (χ1v) is 6.37. The maximum atomic E-state index is 11.4. The van der Waals surface area contributed by atoms with Gasteiger partial charge in [0.2, 0.25) is 0 Å². The van der Waals surface area contributed by atoms with Gasteiger partial charge in [-0.25, -0.2) is 0 Å². The fourth-order valence-electron chi connectivity index (χ4n) is 1.62. The Balaban J connectivity index is 0.000000399. The summed E-state index contributed by atoms with van der Waals surface area (Å²) < 4.78 is 5.37. The molecule has 0 radical (unpaired) electrons. The van der Waals surface area contributed by atoms with Gasteiger partial charge in [-0.05, 0) is 6.42 Å². The van der Waals surface area contributed by atoms with Gasteiger partial charge in [0.25, 0.3) is 0 Å². The van der Waals surface area contributed by atoms with E-state index in [0.717, 1.165) is 17.5 Å². The number of allylic oxidation sites excluding steroid dienone is 1. The van der Waals surface area contributed by atoms with Crippen LogP contribution in [0.5, 0.6) is 0 Å². The van der Waals surface area contributed by atoms with Crippen LogP contribution < -0.4 is 0 Å². The second-order valence-corrected chi connectivity index (χ2v) is 4.23. The van der Waals surface area contributed by atoms with E-state index in [4.69, 9.17) is 4.42 Å². The van der Waals surface area contributed by atoms with Crippen molar-refractivity contribution in [3.63, 3.8) is 0 Å². The van der Waals surface area contributed by atoms with Crippen LogP contribution in [0.2, 0.25) is 0 Å². The van der Waals surface area contributed by atoms with E-state index in [-0.39, 0.29) is 5.78 Å². The van der Waals surface area contributed by atoms with Crippen molar-refractivity contribution < 1.29 is 9.21 Å². The van der Waals surface area contributed by atoms with Gasteiger partial charge in [0.15, 0.2) is 0 Å². The molecule has 0 saturated carbocycles. The van der Waals surface area contributed by atoms with Crippen LogP contribution in [0.4, 0.5) is 0 Å². The molecule has 3 heteroatoms. The molecule has 98 valence electrons. The first-order chi connectivity index (χ1) is 9.11. The maximum absolute atomic E-state index is 11.4. The summed E-state index contributed by atoms with van der Waals surface area (Å²) in [6, 6.07) is 7.87. The van der Waals surface area contributed by atoms with Gasteiger partial charge in [-0.1, -0.05) is 13.0 Å². The molecule has 1 heterocycles. The number of carbonyl (C=O) groups is 1. The van der Waals surface area contributed by atoms with Crippen LogP contribution in [-0.2, 0) is 0 Å². The van der Waals surface area contributed by atoms with E-state index in [9.17, 15) is 4.79 Å². The van der Waals surface area contributed by atoms with Crippen LogP contribution in [0.3, 0.4) is 0 Å². The van der Waals surface area contributed by atoms with Crippen LogP contribution in [0.15, 0.2) is 47.5 Å². The van der Waals surface area contributed by atoms with E-state index in [1.165, 1.54) is 0 Å². The molecule has 0 aliphatic rings. The van der Waals surface area contributed by atoms with Crippen molar-refractivity contribution in [3.05, 3.63) is 54.1 Å². The normalized spacial score (nSPS) is 9.21. The van der Waals surface area contributed by atoms with Gasteiger partial charge >= 0.3 is 88.5 Å². The zero-order valence-corrected chi connectivity index (χ0v) is 11.8. The van der Waals surface area contributed by atoms with E-state index >= 15 is 0 Å². The SMILES string of the molecule is C=CCC.CC(=O)c1bcoc1-c1ccccc1C. The number of carbonyl (C=O) groups excluding carboxylic acids is 1. The predicted molar refractivity (Wildman–Crippen MR) is 80.7 cm³/mol. The number of aryl methyl sites for hydroxylation is 1. The van der Waals surface area contributed by atoms with Crippen LogP contribution in [-0.4, -0.2) is 12.7 Å². The fourth-order valence-corrected chi connectivity index (χ4v) is 1.62. The third-order valence-corrected chi connectivity index (χ3v) is 2.72. The first kappa shape index (κ1) is 15.2. The van der Waals surface area contributed by atoms with Crippen LogP contribution in [0.25, 0.3) is 11.3 Å². The second kappa shape index (κ2) is 7.52. The predicted octanol–water partition coefficient (Wildman–Crippen LogP) is 4.38. The second-order valence-electron chi connectivity index (χ2n) is 4.23. The van der Waals surface area contributed by atoms with Crippen molar-refractivity contribution in [1.82, 2.24) is 0 Å². The monoisotopic (exact) mass is 254 g/mol. The zero-order valence-electron chi connectivity index (χ0n) is 11.8. The van der Waals surface area contributed by atoms with Crippen molar-refractivity contribution >= 4 is 12.7 Å². The first-order valence-electron chi connectivity index (χ1n) is 6.37. The van der Waals surface area contributed by atoms with Gasteiger partial charge in [-0.3, -0.25) is 0 Å². The van der Waals surface area contributed by atoms with Crippen LogP contribution in [0, 0.1) is 6.92 Å². The molecule has 0 unspecified atom stereocenters. The van der Waals surface area contributed by atoms with Crippen LogP contribution >= 0.6 is 0 Å². The summed E-state index contributed by atoms with van der Waals surface area (Å²) in [5.74, 6) is 0.697. The van der Waals surface area contributed by atoms with Crippen LogP contribution in [0.1, 0.15) is 36.1 Å². The third kappa shape index (κ3) is 4.06. The van der Waals surface area contributed by atoms with Crippen molar-refractivity contribution in [2.24, 2.45) is 0 Å². The molecule has 0 atom stereocenters. The van der Waals surface area contributed by atoms with Gasteiger partial charge in [-0.15, -0.1) is 6.58 Å². The minimum atomic E-state index is 0.0296. The molecule has 2 nitrogen and oxygen atoms in total. The summed E-state index contributed by atoms with van der Waals surface area (Å²) in [6.45, 7) is 10.8. The summed E-state index contributed by atoms with van der Waals surface area (Å²) in [7, 11) is 0. The number of hydrogen-bond acceptors (Lipinski definition) is 2. The molecule has 19 heavy (non-hydrogen) atoms. The summed E-state index contributed by atoms with van der Waals surface area (Å²) >= 11 is 0. The molecule has 0 aliphatic heterocycles. The molecular weight excluding hydrogens is 235 g/mol. The number of benzene rings is 1. The molecule has 0 N–H and O–H groups in total. The molecule has 2 aromatic rings. The Labute approximate surface area is 115 Å². The Kier molecular flexibility index (Phi) is 6.00. The van der Waals surface area contributed by atoms with Gasteiger partial charge < -0.3 is 0 Å². The average Bonchev–Trinajstić information content (AvgIpc) is 2.89. The van der Waals surface area contributed by atoms with Crippen molar-refractivity contribution in [1.29, 1.82) is 0 Å². The van der Waals surface area contributed by atoms with E-state index < -0.39 is 0 Å². The topological polar surface area (TPSA) is 30.2 Å². The van der Waals surface area contributed by atoms with E-state index in [2.05, 4.69) is 13.5 Å². The molecule has 0 aliphatic carbocycles. The molecule has 0 bridgehead atoms. The third-order valence-electron chi connectivity index (χ3n) is 2.72.